The fourth-order valence-electron chi connectivity index (χ4n) is 2.09. The fraction of sp³-hybridized carbons (Fsp3) is 0.133. The number of hydrogen-bond acceptors (Lipinski definition) is 5. The Hall–Kier alpha value is -2.89. The van der Waals surface area contributed by atoms with Crippen LogP contribution in [0, 0.1) is 0 Å². The van der Waals surface area contributed by atoms with E-state index in [0.29, 0.717) is 17.3 Å². The molecule has 0 saturated carbocycles. The van der Waals surface area contributed by atoms with E-state index in [9.17, 15) is 0 Å². The zero-order valence-corrected chi connectivity index (χ0v) is 11.7. The summed E-state index contributed by atoms with van der Waals surface area (Å²) in [5.74, 6) is 1.94. The Balaban J connectivity index is 2.08. The van der Waals surface area contributed by atoms with E-state index >= 15 is 0 Å². The van der Waals surface area contributed by atoms with Gasteiger partial charge in [-0.15, -0.1) is 5.10 Å². The number of hydrogen-bond donors (Lipinski definition) is 0. The lowest BCUT2D eigenvalue weighted by Gasteiger charge is -2.09. The van der Waals surface area contributed by atoms with Crippen molar-refractivity contribution in [2.45, 2.75) is 0 Å². The average molecular weight is 282 g/mol. The predicted molar refractivity (Wildman–Crippen MR) is 77.7 cm³/mol. The third-order valence-corrected chi connectivity index (χ3v) is 3.11. The van der Waals surface area contributed by atoms with Crippen molar-refractivity contribution in [3.05, 3.63) is 48.5 Å². The average Bonchev–Trinajstić information content (AvgIpc) is 3.04. The van der Waals surface area contributed by atoms with E-state index in [-0.39, 0.29) is 0 Å². The zero-order valence-electron chi connectivity index (χ0n) is 11.7. The third-order valence-electron chi connectivity index (χ3n) is 3.11. The van der Waals surface area contributed by atoms with Crippen LogP contribution in [0.3, 0.4) is 0 Å². The summed E-state index contributed by atoms with van der Waals surface area (Å²) in [5.41, 5.74) is 1.74. The summed E-state index contributed by atoms with van der Waals surface area (Å²) in [6.45, 7) is 0. The number of ether oxygens (including phenoxy) is 2. The highest BCUT2D eigenvalue weighted by atomic mass is 16.5. The maximum atomic E-state index is 5.32. The van der Waals surface area contributed by atoms with E-state index in [0.717, 1.165) is 11.3 Å². The normalized spacial score (nSPS) is 10.4. The minimum Gasteiger partial charge on any atom is -0.493 e. The van der Waals surface area contributed by atoms with Gasteiger partial charge < -0.3 is 9.47 Å². The molecule has 0 unspecified atom stereocenters. The van der Waals surface area contributed by atoms with Gasteiger partial charge in [0.15, 0.2) is 17.3 Å². The van der Waals surface area contributed by atoms with Gasteiger partial charge >= 0.3 is 0 Å². The fourth-order valence-corrected chi connectivity index (χ4v) is 2.09. The monoisotopic (exact) mass is 282 g/mol. The van der Waals surface area contributed by atoms with Crippen molar-refractivity contribution in [3.8, 4) is 28.6 Å². The van der Waals surface area contributed by atoms with Gasteiger partial charge in [-0.2, -0.15) is 4.68 Å². The van der Waals surface area contributed by atoms with Crippen molar-refractivity contribution in [1.82, 2.24) is 20.2 Å². The molecular formula is C15H14N4O2. The Bertz CT molecular complexity index is 740. The summed E-state index contributed by atoms with van der Waals surface area (Å²) in [4.78, 5) is 0. The number of aromatic nitrogens is 4. The van der Waals surface area contributed by atoms with Gasteiger partial charge in [-0.1, -0.05) is 18.2 Å². The Morgan fingerprint density at radius 2 is 1.67 bits per heavy atom. The standard InChI is InChI=1S/C15H14N4O2/c1-20-13-9-8-11(10-14(13)21-2)15-16-17-18-19(15)12-6-4-3-5-7-12/h3-10H,1-2H3. The van der Waals surface area contributed by atoms with Crippen molar-refractivity contribution in [2.75, 3.05) is 14.2 Å². The molecule has 6 heteroatoms. The number of para-hydroxylation sites is 1. The molecule has 0 aliphatic heterocycles. The Morgan fingerprint density at radius 1 is 0.905 bits per heavy atom. The molecule has 0 atom stereocenters. The molecule has 21 heavy (non-hydrogen) atoms. The van der Waals surface area contributed by atoms with Crippen LogP contribution in [-0.2, 0) is 0 Å². The highest BCUT2D eigenvalue weighted by molar-refractivity contribution is 5.62. The van der Waals surface area contributed by atoms with Crippen LogP contribution < -0.4 is 9.47 Å². The minimum atomic E-state index is 0.637. The maximum absolute atomic E-state index is 5.32. The van der Waals surface area contributed by atoms with E-state index in [1.54, 1.807) is 18.9 Å². The van der Waals surface area contributed by atoms with Gasteiger partial charge in [-0.3, -0.25) is 0 Å². The first-order valence-electron chi connectivity index (χ1n) is 6.39. The van der Waals surface area contributed by atoms with Gasteiger partial charge in [0.25, 0.3) is 0 Å². The van der Waals surface area contributed by atoms with Crippen LogP contribution in [0.5, 0.6) is 11.5 Å². The van der Waals surface area contributed by atoms with Crippen LogP contribution in [-0.4, -0.2) is 34.4 Å². The molecule has 0 amide bonds. The van der Waals surface area contributed by atoms with Gasteiger partial charge in [0.05, 0.1) is 19.9 Å². The molecule has 6 nitrogen and oxygen atoms in total. The summed E-state index contributed by atoms with van der Waals surface area (Å²) in [6, 6.07) is 15.3. The van der Waals surface area contributed by atoms with E-state index in [1.807, 2.05) is 48.5 Å². The molecular weight excluding hydrogens is 268 g/mol. The summed E-state index contributed by atoms with van der Waals surface area (Å²) < 4.78 is 12.2. The van der Waals surface area contributed by atoms with Gasteiger partial charge in [0.2, 0.25) is 0 Å². The molecule has 1 aromatic heterocycles. The van der Waals surface area contributed by atoms with Crippen molar-refractivity contribution < 1.29 is 9.47 Å². The van der Waals surface area contributed by atoms with Crippen LogP contribution in [0.25, 0.3) is 17.1 Å². The quantitative estimate of drug-likeness (QED) is 0.735. The second kappa shape index (κ2) is 5.62. The Labute approximate surface area is 121 Å². The molecule has 0 fully saturated rings. The molecule has 0 aliphatic rings. The van der Waals surface area contributed by atoms with Crippen molar-refractivity contribution in [2.24, 2.45) is 0 Å². The summed E-state index contributed by atoms with van der Waals surface area (Å²) >= 11 is 0. The summed E-state index contributed by atoms with van der Waals surface area (Å²) in [6.07, 6.45) is 0. The molecule has 2 aromatic carbocycles. The van der Waals surface area contributed by atoms with Crippen LogP contribution in [0.4, 0.5) is 0 Å². The molecule has 0 N–H and O–H groups in total. The minimum absolute atomic E-state index is 0.637. The second-order valence-corrected chi connectivity index (χ2v) is 4.32. The number of rotatable bonds is 4. The summed E-state index contributed by atoms with van der Waals surface area (Å²) in [7, 11) is 3.20. The highest BCUT2D eigenvalue weighted by Crippen LogP contribution is 2.31. The van der Waals surface area contributed by atoms with E-state index in [2.05, 4.69) is 15.5 Å². The summed E-state index contributed by atoms with van der Waals surface area (Å²) in [5, 5.41) is 11.9. The lowest BCUT2D eigenvalue weighted by Crippen LogP contribution is -2.00. The zero-order chi connectivity index (χ0) is 14.7. The van der Waals surface area contributed by atoms with E-state index < -0.39 is 0 Å². The maximum Gasteiger partial charge on any atom is 0.187 e. The number of methoxy groups -OCH3 is 2. The van der Waals surface area contributed by atoms with Crippen molar-refractivity contribution in [3.63, 3.8) is 0 Å². The largest absolute Gasteiger partial charge is 0.493 e. The van der Waals surface area contributed by atoms with E-state index in [4.69, 9.17) is 9.47 Å². The Kier molecular flexibility index (Phi) is 3.51. The van der Waals surface area contributed by atoms with Gasteiger partial charge in [-0.25, -0.2) is 0 Å². The van der Waals surface area contributed by atoms with Crippen molar-refractivity contribution >= 4 is 0 Å². The van der Waals surface area contributed by atoms with Crippen LogP contribution in [0.1, 0.15) is 0 Å². The molecule has 1 heterocycles. The molecule has 0 radical (unpaired) electrons. The first kappa shape index (κ1) is 13.1. The lowest BCUT2D eigenvalue weighted by molar-refractivity contribution is 0.355. The molecule has 106 valence electrons. The number of nitrogens with zero attached hydrogens (tertiary/aromatic N) is 4. The van der Waals surface area contributed by atoms with Gasteiger partial charge in [0, 0.05) is 5.56 Å². The van der Waals surface area contributed by atoms with Crippen LogP contribution >= 0.6 is 0 Å². The molecule has 0 aliphatic carbocycles. The van der Waals surface area contributed by atoms with Gasteiger partial charge in [-0.05, 0) is 40.8 Å². The molecule has 0 bridgehead atoms. The van der Waals surface area contributed by atoms with Crippen LogP contribution in [0.2, 0.25) is 0 Å². The molecule has 0 spiro atoms. The SMILES string of the molecule is COc1ccc(-c2nnnn2-c2ccccc2)cc1OC. The molecule has 3 aromatic rings. The van der Waals surface area contributed by atoms with E-state index in [1.165, 1.54) is 0 Å². The second-order valence-electron chi connectivity index (χ2n) is 4.32. The smallest absolute Gasteiger partial charge is 0.187 e. The molecule has 3 rings (SSSR count). The van der Waals surface area contributed by atoms with Crippen LogP contribution in [0.15, 0.2) is 48.5 Å². The highest BCUT2D eigenvalue weighted by Gasteiger charge is 2.13. The molecule has 0 saturated heterocycles. The first-order valence-corrected chi connectivity index (χ1v) is 6.39. The lowest BCUT2D eigenvalue weighted by atomic mass is 10.2. The Morgan fingerprint density at radius 3 is 2.38 bits per heavy atom. The number of benzene rings is 2. The van der Waals surface area contributed by atoms with Gasteiger partial charge in [0.1, 0.15) is 0 Å². The predicted octanol–water partition coefficient (Wildman–Crippen LogP) is 2.35. The first-order chi connectivity index (χ1) is 10.3. The van der Waals surface area contributed by atoms with Crippen molar-refractivity contribution in [1.29, 1.82) is 0 Å². The number of tetrazole rings is 1. The third kappa shape index (κ3) is 2.43. The topological polar surface area (TPSA) is 62.1 Å².